The number of hydrogen-bond donors (Lipinski definition) is 2. The lowest BCUT2D eigenvalue weighted by molar-refractivity contribution is 0.101. The van der Waals surface area contributed by atoms with Crippen LogP contribution in [0.25, 0.3) is 0 Å². The predicted molar refractivity (Wildman–Crippen MR) is 81.1 cm³/mol. The maximum atomic E-state index is 12.6. The van der Waals surface area contributed by atoms with Crippen molar-refractivity contribution in [2.45, 2.75) is 56.6 Å². The minimum Gasteiger partial charge on any atom is -0.497 e. The number of sulfonamides is 1. The fraction of sp³-hybridized carbons (Fsp3) is 0.600. The molecule has 0 radical (unpaired) electrons. The van der Waals surface area contributed by atoms with E-state index in [1.165, 1.54) is 0 Å². The molecule has 118 valence electrons. The Kier molecular flexibility index (Phi) is 4.91. The SMILES string of the molecule is COc1cc(C)c(S(=O)(=O)NC2CCCCC2O)c(C)c1. The molecule has 0 aromatic heterocycles. The van der Waals surface area contributed by atoms with Gasteiger partial charge < -0.3 is 9.84 Å². The minimum absolute atomic E-state index is 0.279. The second-order valence-electron chi connectivity index (χ2n) is 5.67. The molecule has 2 unspecified atom stereocenters. The largest absolute Gasteiger partial charge is 0.497 e. The smallest absolute Gasteiger partial charge is 0.241 e. The molecule has 1 aliphatic rings. The van der Waals surface area contributed by atoms with E-state index in [4.69, 9.17) is 4.74 Å². The molecular weight excluding hydrogens is 290 g/mol. The van der Waals surface area contributed by atoms with Gasteiger partial charge in [-0.1, -0.05) is 12.8 Å². The van der Waals surface area contributed by atoms with Crippen molar-refractivity contribution >= 4 is 10.0 Å². The van der Waals surface area contributed by atoms with Crippen molar-refractivity contribution in [2.24, 2.45) is 0 Å². The number of benzene rings is 1. The van der Waals surface area contributed by atoms with Gasteiger partial charge in [0, 0.05) is 6.04 Å². The lowest BCUT2D eigenvalue weighted by Crippen LogP contribution is -2.45. The zero-order valence-corrected chi connectivity index (χ0v) is 13.5. The third-order valence-electron chi connectivity index (χ3n) is 3.97. The van der Waals surface area contributed by atoms with Crippen molar-refractivity contribution in [2.75, 3.05) is 7.11 Å². The molecule has 2 rings (SSSR count). The van der Waals surface area contributed by atoms with Crippen molar-refractivity contribution < 1.29 is 18.3 Å². The van der Waals surface area contributed by atoms with E-state index < -0.39 is 22.2 Å². The van der Waals surface area contributed by atoms with Gasteiger partial charge in [-0.25, -0.2) is 13.1 Å². The molecule has 0 amide bonds. The molecule has 5 nitrogen and oxygen atoms in total. The summed E-state index contributed by atoms with van der Waals surface area (Å²) >= 11 is 0. The quantitative estimate of drug-likeness (QED) is 0.890. The molecule has 0 bridgehead atoms. The lowest BCUT2D eigenvalue weighted by atomic mass is 9.93. The van der Waals surface area contributed by atoms with Gasteiger partial charge in [0.05, 0.1) is 18.1 Å². The second kappa shape index (κ2) is 6.34. The topological polar surface area (TPSA) is 75.6 Å². The van der Waals surface area contributed by atoms with Crippen molar-refractivity contribution in [1.29, 1.82) is 0 Å². The van der Waals surface area contributed by atoms with Crippen LogP contribution >= 0.6 is 0 Å². The fourth-order valence-corrected chi connectivity index (χ4v) is 4.72. The molecule has 1 aromatic carbocycles. The van der Waals surface area contributed by atoms with Crippen LogP contribution < -0.4 is 9.46 Å². The van der Waals surface area contributed by atoms with E-state index in [1.54, 1.807) is 33.1 Å². The van der Waals surface area contributed by atoms with Crippen LogP contribution in [0.4, 0.5) is 0 Å². The van der Waals surface area contributed by atoms with Crippen molar-refractivity contribution in [3.8, 4) is 5.75 Å². The molecular formula is C15H23NO4S. The van der Waals surface area contributed by atoms with E-state index in [9.17, 15) is 13.5 Å². The molecule has 0 aliphatic heterocycles. The number of hydrogen-bond acceptors (Lipinski definition) is 4. The van der Waals surface area contributed by atoms with Crippen LogP contribution in [0.5, 0.6) is 5.75 Å². The van der Waals surface area contributed by atoms with E-state index in [0.29, 0.717) is 29.7 Å². The van der Waals surface area contributed by atoms with Crippen LogP contribution in [0.3, 0.4) is 0 Å². The number of aliphatic hydroxyl groups excluding tert-OH is 1. The van der Waals surface area contributed by atoms with Gasteiger partial charge in [-0.2, -0.15) is 0 Å². The summed E-state index contributed by atoms with van der Waals surface area (Å²) in [6, 6.07) is 3.02. The first kappa shape index (κ1) is 16.3. The Bertz CT molecular complexity index is 589. The highest BCUT2D eigenvalue weighted by Gasteiger charge is 2.29. The van der Waals surface area contributed by atoms with Crippen LogP contribution in [0.2, 0.25) is 0 Å². The normalized spacial score (nSPS) is 23.0. The highest BCUT2D eigenvalue weighted by atomic mass is 32.2. The number of ether oxygens (including phenoxy) is 1. The number of aryl methyl sites for hydroxylation is 2. The Balaban J connectivity index is 2.31. The first-order chi connectivity index (χ1) is 9.85. The van der Waals surface area contributed by atoms with Gasteiger partial charge in [-0.05, 0) is 49.9 Å². The Labute approximate surface area is 126 Å². The van der Waals surface area contributed by atoms with Crippen LogP contribution in [0.1, 0.15) is 36.8 Å². The number of rotatable bonds is 4. The van der Waals surface area contributed by atoms with E-state index >= 15 is 0 Å². The Morgan fingerprint density at radius 3 is 2.29 bits per heavy atom. The summed E-state index contributed by atoms with van der Waals surface area (Å²) in [7, 11) is -2.09. The van der Waals surface area contributed by atoms with E-state index in [0.717, 1.165) is 12.8 Å². The van der Waals surface area contributed by atoms with E-state index in [2.05, 4.69) is 4.72 Å². The molecule has 21 heavy (non-hydrogen) atoms. The number of aliphatic hydroxyl groups is 1. The van der Waals surface area contributed by atoms with Gasteiger partial charge in [-0.3, -0.25) is 0 Å². The Morgan fingerprint density at radius 2 is 1.76 bits per heavy atom. The number of methoxy groups -OCH3 is 1. The highest BCUT2D eigenvalue weighted by molar-refractivity contribution is 7.89. The molecule has 2 N–H and O–H groups in total. The van der Waals surface area contributed by atoms with E-state index in [-0.39, 0.29) is 4.90 Å². The lowest BCUT2D eigenvalue weighted by Gasteiger charge is -2.28. The standard InChI is InChI=1S/C15H23NO4S/c1-10-8-12(20-3)9-11(2)15(10)21(18,19)16-13-6-4-5-7-14(13)17/h8-9,13-14,16-17H,4-7H2,1-3H3. The summed E-state index contributed by atoms with van der Waals surface area (Å²) < 4.78 is 33.1. The van der Waals surface area contributed by atoms with Crippen LogP contribution in [0.15, 0.2) is 17.0 Å². The molecule has 1 fully saturated rings. The van der Waals surface area contributed by atoms with Crippen molar-refractivity contribution in [1.82, 2.24) is 4.72 Å². The van der Waals surface area contributed by atoms with Crippen molar-refractivity contribution in [3.63, 3.8) is 0 Å². The van der Waals surface area contributed by atoms with Gasteiger partial charge in [0.25, 0.3) is 0 Å². The zero-order chi connectivity index (χ0) is 15.6. The maximum absolute atomic E-state index is 12.6. The maximum Gasteiger partial charge on any atom is 0.241 e. The second-order valence-corrected chi connectivity index (χ2v) is 7.32. The predicted octanol–water partition coefficient (Wildman–Crippen LogP) is 1.89. The summed E-state index contributed by atoms with van der Waals surface area (Å²) in [5.74, 6) is 0.640. The summed E-state index contributed by atoms with van der Waals surface area (Å²) in [6.45, 7) is 3.50. The van der Waals surface area contributed by atoms with Crippen molar-refractivity contribution in [3.05, 3.63) is 23.3 Å². The monoisotopic (exact) mass is 313 g/mol. The third-order valence-corrected chi connectivity index (χ3v) is 5.77. The molecule has 1 aliphatic carbocycles. The fourth-order valence-electron chi connectivity index (χ4n) is 2.96. The Hall–Kier alpha value is -1.11. The minimum atomic E-state index is -3.64. The summed E-state index contributed by atoms with van der Waals surface area (Å²) in [5, 5.41) is 9.95. The first-order valence-corrected chi connectivity index (χ1v) is 8.69. The van der Waals surface area contributed by atoms with Crippen LogP contribution in [-0.2, 0) is 10.0 Å². The first-order valence-electron chi connectivity index (χ1n) is 7.21. The Morgan fingerprint density at radius 1 is 1.19 bits per heavy atom. The molecule has 1 saturated carbocycles. The molecule has 1 aromatic rings. The van der Waals surface area contributed by atoms with Gasteiger partial charge in [-0.15, -0.1) is 0 Å². The van der Waals surface area contributed by atoms with E-state index in [1.807, 2.05) is 0 Å². The average molecular weight is 313 g/mol. The summed E-state index contributed by atoms with van der Waals surface area (Å²) in [5.41, 5.74) is 1.29. The zero-order valence-electron chi connectivity index (χ0n) is 12.7. The molecule has 6 heteroatoms. The van der Waals surface area contributed by atoms with Crippen LogP contribution in [0, 0.1) is 13.8 Å². The van der Waals surface area contributed by atoms with Gasteiger partial charge >= 0.3 is 0 Å². The molecule has 0 spiro atoms. The average Bonchev–Trinajstić information content (AvgIpc) is 2.40. The molecule has 0 saturated heterocycles. The van der Waals surface area contributed by atoms with Crippen LogP contribution in [-0.4, -0.2) is 32.8 Å². The third kappa shape index (κ3) is 3.56. The van der Waals surface area contributed by atoms with Gasteiger partial charge in [0.2, 0.25) is 10.0 Å². The van der Waals surface area contributed by atoms with Gasteiger partial charge in [0.15, 0.2) is 0 Å². The summed E-state index contributed by atoms with van der Waals surface area (Å²) in [4.78, 5) is 0.279. The highest BCUT2D eigenvalue weighted by Crippen LogP contribution is 2.27. The molecule has 0 heterocycles. The molecule has 2 atom stereocenters. The number of nitrogens with one attached hydrogen (secondary N) is 1. The summed E-state index contributed by atoms with van der Waals surface area (Å²) in [6.07, 6.45) is 2.60. The van der Waals surface area contributed by atoms with Gasteiger partial charge in [0.1, 0.15) is 5.75 Å².